The minimum absolute atomic E-state index is 0.795. The van der Waals surface area contributed by atoms with Gasteiger partial charge in [-0.05, 0) is 32.5 Å². The van der Waals surface area contributed by atoms with Gasteiger partial charge >= 0.3 is 15.1 Å². The summed E-state index contributed by atoms with van der Waals surface area (Å²) in [6, 6.07) is 0. The zero-order valence-electron chi connectivity index (χ0n) is 13.0. The Morgan fingerprint density at radius 3 is 1.56 bits per heavy atom. The molecule has 0 N–H and O–H groups in total. The molecule has 0 amide bonds. The number of unbranched alkanes of at least 4 members (excludes halogenated alkanes) is 4. The Kier molecular flexibility index (Phi) is 11.9. The molecule has 0 bridgehead atoms. The molecular weight excluding hydrogens is 259 g/mol. The first-order chi connectivity index (χ1) is 8.49. The van der Waals surface area contributed by atoms with Crippen LogP contribution in [0.1, 0.15) is 52.4 Å². The predicted molar refractivity (Wildman–Crippen MR) is 81.1 cm³/mol. The highest BCUT2D eigenvalue weighted by molar-refractivity contribution is 6.74. The van der Waals surface area contributed by atoms with Crippen molar-refractivity contribution in [3.05, 3.63) is 0 Å². The van der Waals surface area contributed by atoms with Crippen molar-refractivity contribution in [2.75, 3.05) is 13.2 Å². The molecule has 0 radical (unpaired) electrons. The quantitative estimate of drug-likeness (QED) is 0.397. The molecule has 0 aliphatic carbocycles. The fourth-order valence-electron chi connectivity index (χ4n) is 1.47. The Bertz CT molecular complexity index is 174. The summed E-state index contributed by atoms with van der Waals surface area (Å²) in [6.45, 7) is 12.6. The van der Waals surface area contributed by atoms with E-state index in [1.54, 1.807) is 0 Å². The Morgan fingerprint density at radius 1 is 0.778 bits per heavy atom. The largest absolute Gasteiger partial charge is 0.894 e. The fraction of sp³-hybridized carbons (Fsp3) is 1.00. The Balaban J connectivity index is 3.85. The van der Waals surface area contributed by atoms with Crippen molar-refractivity contribution in [2.45, 2.75) is 72.0 Å². The standard InChI is InChI=1S/2C5H11O.C3H9OSi.Al/c2*1-2-3-4-5-6;1-5(2,3)4;/h2*2-5H2,1H3;1-3H3;/q3*-1;+3. The monoisotopic (exact) mass is 290 g/mol. The SMILES string of the molecule is CCCCC[O][Al]([O]CCCCC)[O][Si](C)(C)C. The van der Waals surface area contributed by atoms with Gasteiger partial charge in [-0.3, -0.25) is 0 Å². The van der Waals surface area contributed by atoms with Crippen LogP contribution in [0.5, 0.6) is 0 Å². The molecule has 0 atom stereocenters. The molecule has 0 aliphatic rings. The van der Waals surface area contributed by atoms with Crippen LogP contribution in [0.25, 0.3) is 0 Å². The summed E-state index contributed by atoms with van der Waals surface area (Å²) in [5.74, 6) is 0. The van der Waals surface area contributed by atoms with Crippen LogP contribution in [0.3, 0.4) is 0 Å². The van der Waals surface area contributed by atoms with Gasteiger partial charge in [0.1, 0.15) is 0 Å². The Morgan fingerprint density at radius 2 is 1.22 bits per heavy atom. The van der Waals surface area contributed by atoms with E-state index in [0.717, 1.165) is 26.1 Å². The zero-order valence-corrected chi connectivity index (χ0v) is 15.1. The van der Waals surface area contributed by atoms with Crippen LogP contribution < -0.4 is 0 Å². The van der Waals surface area contributed by atoms with Crippen molar-refractivity contribution >= 4 is 23.5 Å². The Hall–Kier alpha value is 0.629. The van der Waals surface area contributed by atoms with Gasteiger partial charge in [-0.15, -0.1) is 0 Å². The molecular formula is C13H31AlO3Si. The molecule has 108 valence electrons. The zero-order chi connectivity index (χ0) is 13.9. The third-order valence-corrected chi connectivity index (χ3v) is 7.07. The lowest BCUT2D eigenvalue weighted by molar-refractivity contribution is 0.134. The second kappa shape index (κ2) is 11.5. The molecule has 0 aromatic heterocycles. The van der Waals surface area contributed by atoms with E-state index >= 15 is 0 Å². The molecule has 0 saturated carbocycles. The highest BCUT2D eigenvalue weighted by Gasteiger charge is 2.35. The summed E-state index contributed by atoms with van der Waals surface area (Å²) in [5.41, 5.74) is 0. The van der Waals surface area contributed by atoms with Crippen LogP contribution in [-0.4, -0.2) is 36.7 Å². The number of rotatable bonds is 12. The lowest BCUT2D eigenvalue weighted by atomic mass is 10.3. The average Bonchev–Trinajstić information content (AvgIpc) is 2.28. The smallest absolute Gasteiger partial charge is 0.499 e. The minimum atomic E-state index is -1.88. The fourth-order valence-corrected chi connectivity index (χ4v) is 5.14. The van der Waals surface area contributed by atoms with Crippen molar-refractivity contribution < 1.29 is 11.1 Å². The molecule has 0 aromatic rings. The molecule has 0 fully saturated rings. The normalized spacial score (nSPS) is 11.8. The summed E-state index contributed by atoms with van der Waals surface area (Å²) < 4.78 is 17.7. The second-order valence-corrected chi connectivity index (χ2v) is 12.1. The Labute approximate surface area is 120 Å². The van der Waals surface area contributed by atoms with Gasteiger partial charge in [-0.2, -0.15) is 0 Å². The maximum absolute atomic E-state index is 6.03. The van der Waals surface area contributed by atoms with Gasteiger partial charge in [0.05, 0.1) is 0 Å². The van der Waals surface area contributed by atoms with Crippen LogP contribution in [0.4, 0.5) is 0 Å². The first kappa shape index (κ1) is 18.6. The van der Waals surface area contributed by atoms with Gasteiger partial charge in [0.25, 0.3) is 0 Å². The van der Waals surface area contributed by atoms with Gasteiger partial charge in [0.2, 0.25) is 0 Å². The molecule has 0 saturated heterocycles. The third-order valence-electron chi connectivity index (χ3n) is 2.45. The van der Waals surface area contributed by atoms with Crippen LogP contribution in [0.2, 0.25) is 19.6 Å². The van der Waals surface area contributed by atoms with E-state index in [-0.39, 0.29) is 0 Å². The van der Waals surface area contributed by atoms with Crippen molar-refractivity contribution in [3.63, 3.8) is 0 Å². The number of hydrogen-bond donors (Lipinski definition) is 0. The average molecular weight is 290 g/mol. The van der Waals surface area contributed by atoms with Crippen LogP contribution in [0, 0.1) is 0 Å². The topological polar surface area (TPSA) is 27.7 Å². The van der Waals surface area contributed by atoms with Crippen LogP contribution in [0.15, 0.2) is 0 Å². The lowest BCUT2D eigenvalue weighted by Crippen LogP contribution is -2.39. The highest BCUT2D eigenvalue weighted by atomic mass is 28.4. The van der Waals surface area contributed by atoms with Gasteiger partial charge < -0.3 is 11.1 Å². The highest BCUT2D eigenvalue weighted by Crippen LogP contribution is 2.09. The predicted octanol–water partition coefficient (Wildman–Crippen LogP) is 4.24. The second-order valence-electron chi connectivity index (χ2n) is 5.67. The minimum Gasteiger partial charge on any atom is -0.499 e. The van der Waals surface area contributed by atoms with E-state index in [9.17, 15) is 0 Å². The summed E-state index contributed by atoms with van der Waals surface area (Å²) in [4.78, 5) is 0. The number of hydrogen-bond acceptors (Lipinski definition) is 3. The third kappa shape index (κ3) is 13.1. The van der Waals surface area contributed by atoms with Crippen molar-refractivity contribution in [1.29, 1.82) is 0 Å². The maximum Gasteiger partial charge on any atom is 0.894 e. The summed E-state index contributed by atoms with van der Waals surface area (Å²) in [6.07, 6.45) is 7.14. The molecule has 3 nitrogen and oxygen atoms in total. The molecule has 0 rings (SSSR count). The molecule has 5 heteroatoms. The van der Waals surface area contributed by atoms with E-state index in [0.29, 0.717) is 0 Å². The van der Waals surface area contributed by atoms with Gasteiger partial charge in [-0.1, -0.05) is 39.5 Å². The molecule has 0 aliphatic heterocycles. The summed E-state index contributed by atoms with van der Waals surface area (Å²) in [7, 11) is -1.55. The van der Waals surface area contributed by atoms with E-state index in [1.165, 1.54) is 25.7 Å². The molecule has 0 heterocycles. The van der Waals surface area contributed by atoms with E-state index in [4.69, 9.17) is 11.1 Å². The van der Waals surface area contributed by atoms with Crippen molar-refractivity contribution in [3.8, 4) is 0 Å². The van der Waals surface area contributed by atoms with E-state index in [2.05, 4.69) is 33.5 Å². The first-order valence-corrected chi connectivity index (χ1v) is 12.2. The lowest BCUT2D eigenvalue weighted by Gasteiger charge is -2.22. The van der Waals surface area contributed by atoms with Gasteiger partial charge in [0, 0.05) is 13.2 Å². The summed E-state index contributed by atoms with van der Waals surface area (Å²) in [5, 5.41) is 0. The molecule has 18 heavy (non-hydrogen) atoms. The van der Waals surface area contributed by atoms with Crippen LogP contribution in [-0.2, 0) is 11.1 Å². The maximum atomic E-state index is 6.03. The molecule has 0 aromatic carbocycles. The molecule has 0 unspecified atom stereocenters. The summed E-state index contributed by atoms with van der Waals surface area (Å²) >= 11 is -1.88. The van der Waals surface area contributed by atoms with E-state index < -0.39 is 23.5 Å². The van der Waals surface area contributed by atoms with Gasteiger partial charge in [0.15, 0.2) is 8.32 Å². The van der Waals surface area contributed by atoms with Crippen LogP contribution >= 0.6 is 0 Å². The van der Waals surface area contributed by atoms with E-state index in [1.807, 2.05) is 0 Å². The van der Waals surface area contributed by atoms with Crippen molar-refractivity contribution in [2.24, 2.45) is 0 Å². The first-order valence-electron chi connectivity index (χ1n) is 7.40. The van der Waals surface area contributed by atoms with Crippen molar-refractivity contribution in [1.82, 2.24) is 0 Å². The molecule has 0 spiro atoms. The van der Waals surface area contributed by atoms with Gasteiger partial charge in [-0.25, -0.2) is 0 Å².